The quantitative estimate of drug-likeness (QED) is 0.696. The molecule has 0 heterocycles. The molecule has 4 rings (SSSR count). The summed E-state index contributed by atoms with van der Waals surface area (Å²) in [5.41, 5.74) is 6.55. The highest BCUT2D eigenvalue weighted by Gasteiger charge is 2.54. The Morgan fingerprint density at radius 3 is 2.36 bits per heavy atom. The monoisotopic (exact) mass is 194 g/mol. The Kier molecular flexibility index (Phi) is 1.94. The number of rotatable bonds is 2. The predicted octanol–water partition coefficient (Wildman–Crippen LogP) is 1.36. The lowest BCUT2D eigenvalue weighted by Gasteiger charge is -2.60. The minimum Gasteiger partial charge on any atom is -0.330 e. The van der Waals surface area contributed by atoms with Crippen LogP contribution in [0.25, 0.3) is 0 Å². The molecule has 4 aliphatic rings. The molecule has 80 valence electrons. The van der Waals surface area contributed by atoms with Gasteiger partial charge < -0.3 is 11.1 Å². The van der Waals surface area contributed by atoms with E-state index in [0.717, 1.165) is 30.3 Å². The molecule has 2 heteroatoms. The van der Waals surface area contributed by atoms with Crippen LogP contribution in [0.4, 0.5) is 0 Å². The van der Waals surface area contributed by atoms with Crippen molar-refractivity contribution < 1.29 is 0 Å². The Balaban J connectivity index is 1.88. The first-order valence-corrected chi connectivity index (χ1v) is 6.14. The molecule has 0 aliphatic heterocycles. The number of hydrogen-bond acceptors (Lipinski definition) is 2. The number of nitrogens with one attached hydrogen (secondary N) is 1. The van der Waals surface area contributed by atoms with Crippen molar-refractivity contribution in [1.29, 1.82) is 0 Å². The number of nitrogens with two attached hydrogens (primary N) is 1. The van der Waals surface area contributed by atoms with Crippen LogP contribution >= 0.6 is 0 Å². The molecule has 4 bridgehead atoms. The normalized spacial score (nSPS) is 55.3. The lowest BCUT2D eigenvalue weighted by Crippen LogP contribution is -2.59. The SMILES string of the molecule is CNC1[C@@H]2CC3C[C@H]1CC(CN)(C3)C2. The molecule has 4 fully saturated rings. The molecule has 5 atom stereocenters. The third kappa shape index (κ3) is 1.10. The van der Waals surface area contributed by atoms with Gasteiger partial charge in [0.25, 0.3) is 0 Å². The van der Waals surface area contributed by atoms with Gasteiger partial charge in [-0.3, -0.25) is 0 Å². The first-order chi connectivity index (χ1) is 6.76. The van der Waals surface area contributed by atoms with Crippen molar-refractivity contribution in [1.82, 2.24) is 5.32 Å². The van der Waals surface area contributed by atoms with Gasteiger partial charge in [0.2, 0.25) is 0 Å². The first-order valence-electron chi connectivity index (χ1n) is 6.14. The van der Waals surface area contributed by atoms with E-state index in [0.29, 0.717) is 5.41 Å². The van der Waals surface area contributed by atoms with Gasteiger partial charge in [-0.15, -0.1) is 0 Å². The van der Waals surface area contributed by atoms with Crippen LogP contribution in [0.2, 0.25) is 0 Å². The van der Waals surface area contributed by atoms with E-state index in [4.69, 9.17) is 5.73 Å². The highest BCUT2D eigenvalue weighted by molar-refractivity contribution is 5.07. The van der Waals surface area contributed by atoms with E-state index in [1.54, 1.807) is 0 Å². The van der Waals surface area contributed by atoms with E-state index in [9.17, 15) is 0 Å². The van der Waals surface area contributed by atoms with Crippen molar-refractivity contribution in [3.05, 3.63) is 0 Å². The third-order valence-electron chi connectivity index (χ3n) is 5.17. The summed E-state index contributed by atoms with van der Waals surface area (Å²) >= 11 is 0. The Bertz CT molecular complexity index is 222. The summed E-state index contributed by atoms with van der Waals surface area (Å²) in [5.74, 6) is 2.89. The molecular weight excluding hydrogens is 172 g/mol. The molecule has 3 unspecified atom stereocenters. The van der Waals surface area contributed by atoms with Crippen LogP contribution in [-0.4, -0.2) is 19.6 Å². The summed E-state index contributed by atoms with van der Waals surface area (Å²) in [7, 11) is 2.14. The second-order valence-electron chi connectivity index (χ2n) is 5.99. The largest absolute Gasteiger partial charge is 0.330 e. The van der Waals surface area contributed by atoms with Crippen molar-refractivity contribution >= 4 is 0 Å². The first kappa shape index (κ1) is 9.17. The van der Waals surface area contributed by atoms with Crippen molar-refractivity contribution in [3.8, 4) is 0 Å². The molecule has 0 aromatic carbocycles. The van der Waals surface area contributed by atoms with Crippen LogP contribution < -0.4 is 11.1 Å². The van der Waals surface area contributed by atoms with Gasteiger partial charge in [0.1, 0.15) is 0 Å². The standard InChI is InChI=1S/C12H22N2/c1-14-11-9-2-8-3-10(11)6-12(4-8,5-9)7-13/h8-11,14H,2-7,13H2,1H3/t8?,9-,10+,11?,12?. The van der Waals surface area contributed by atoms with E-state index >= 15 is 0 Å². The molecular formula is C12H22N2. The minimum absolute atomic E-state index is 0.559. The molecule has 4 saturated carbocycles. The van der Waals surface area contributed by atoms with Gasteiger partial charge >= 0.3 is 0 Å². The molecule has 0 amide bonds. The summed E-state index contributed by atoms with van der Waals surface area (Å²) < 4.78 is 0. The van der Waals surface area contributed by atoms with Gasteiger partial charge in [-0.2, -0.15) is 0 Å². The Morgan fingerprint density at radius 2 is 1.86 bits per heavy atom. The molecule has 14 heavy (non-hydrogen) atoms. The average Bonchev–Trinajstić information content (AvgIpc) is 2.17. The maximum absolute atomic E-state index is 5.99. The highest BCUT2D eigenvalue weighted by atomic mass is 14.9. The zero-order valence-electron chi connectivity index (χ0n) is 9.13. The van der Waals surface area contributed by atoms with E-state index in [2.05, 4.69) is 12.4 Å². The lowest BCUT2D eigenvalue weighted by atomic mass is 9.48. The summed E-state index contributed by atoms with van der Waals surface area (Å²) in [6.07, 6.45) is 7.20. The third-order valence-corrected chi connectivity index (χ3v) is 5.17. The molecule has 0 aromatic heterocycles. The minimum atomic E-state index is 0.559. The average molecular weight is 194 g/mol. The van der Waals surface area contributed by atoms with Crippen LogP contribution in [-0.2, 0) is 0 Å². The van der Waals surface area contributed by atoms with E-state index in [1.807, 2.05) is 0 Å². The van der Waals surface area contributed by atoms with E-state index in [1.165, 1.54) is 32.1 Å². The van der Waals surface area contributed by atoms with Crippen LogP contribution in [0.15, 0.2) is 0 Å². The summed E-state index contributed by atoms with van der Waals surface area (Å²) in [4.78, 5) is 0. The lowest BCUT2D eigenvalue weighted by molar-refractivity contribution is -0.0694. The summed E-state index contributed by atoms with van der Waals surface area (Å²) in [6, 6.07) is 0.811. The fourth-order valence-corrected chi connectivity index (χ4v) is 4.91. The predicted molar refractivity (Wildman–Crippen MR) is 57.9 cm³/mol. The molecule has 2 nitrogen and oxygen atoms in total. The van der Waals surface area contributed by atoms with Gasteiger partial charge in [-0.25, -0.2) is 0 Å². The Hall–Kier alpha value is -0.0800. The summed E-state index contributed by atoms with van der Waals surface area (Å²) in [5, 5.41) is 3.55. The van der Waals surface area contributed by atoms with Crippen molar-refractivity contribution in [3.63, 3.8) is 0 Å². The maximum Gasteiger partial charge on any atom is 0.0121 e. The second kappa shape index (κ2) is 2.96. The fraction of sp³-hybridized carbons (Fsp3) is 1.00. The van der Waals surface area contributed by atoms with Crippen molar-refractivity contribution in [2.75, 3.05) is 13.6 Å². The topological polar surface area (TPSA) is 38.0 Å². The molecule has 0 spiro atoms. The Labute approximate surface area is 86.6 Å². The second-order valence-corrected chi connectivity index (χ2v) is 5.99. The zero-order valence-corrected chi connectivity index (χ0v) is 9.13. The van der Waals surface area contributed by atoms with E-state index < -0.39 is 0 Å². The molecule has 0 aromatic rings. The highest BCUT2D eigenvalue weighted by Crippen LogP contribution is 2.59. The zero-order chi connectivity index (χ0) is 9.76. The van der Waals surface area contributed by atoms with Crippen LogP contribution in [0.5, 0.6) is 0 Å². The maximum atomic E-state index is 5.99. The van der Waals surface area contributed by atoms with Crippen LogP contribution in [0.3, 0.4) is 0 Å². The summed E-state index contributed by atoms with van der Waals surface area (Å²) in [6.45, 7) is 0.937. The van der Waals surface area contributed by atoms with Gasteiger partial charge in [0.15, 0.2) is 0 Å². The van der Waals surface area contributed by atoms with Crippen LogP contribution in [0, 0.1) is 23.2 Å². The van der Waals surface area contributed by atoms with Gasteiger partial charge in [-0.05, 0) is 68.9 Å². The molecule has 4 aliphatic carbocycles. The van der Waals surface area contributed by atoms with Gasteiger partial charge in [-0.1, -0.05) is 0 Å². The Morgan fingerprint density at radius 1 is 1.21 bits per heavy atom. The van der Waals surface area contributed by atoms with Crippen LogP contribution in [0.1, 0.15) is 32.1 Å². The molecule has 0 saturated heterocycles. The van der Waals surface area contributed by atoms with E-state index in [-0.39, 0.29) is 0 Å². The van der Waals surface area contributed by atoms with Crippen molar-refractivity contribution in [2.24, 2.45) is 28.9 Å². The van der Waals surface area contributed by atoms with Crippen molar-refractivity contribution in [2.45, 2.75) is 38.1 Å². The number of hydrogen-bond donors (Lipinski definition) is 2. The van der Waals surface area contributed by atoms with Gasteiger partial charge in [0.05, 0.1) is 0 Å². The molecule has 0 radical (unpaired) electrons. The smallest absolute Gasteiger partial charge is 0.0121 e. The molecule has 3 N–H and O–H groups in total. The van der Waals surface area contributed by atoms with Gasteiger partial charge in [0, 0.05) is 6.04 Å². The fourth-order valence-electron chi connectivity index (χ4n) is 4.91.